The molecule has 0 radical (unpaired) electrons. The van der Waals surface area contributed by atoms with Gasteiger partial charge in [-0.1, -0.05) is 29.4 Å². The van der Waals surface area contributed by atoms with Gasteiger partial charge in [0.05, 0.1) is 36.9 Å². The molecule has 1 aliphatic rings. The summed E-state index contributed by atoms with van der Waals surface area (Å²) in [5.74, 6) is -0.237. The summed E-state index contributed by atoms with van der Waals surface area (Å²) in [4.78, 5) is 41.3. The van der Waals surface area contributed by atoms with Gasteiger partial charge in [0, 0.05) is 0 Å². The van der Waals surface area contributed by atoms with Gasteiger partial charge in [0.2, 0.25) is 23.5 Å². The van der Waals surface area contributed by atoms with Crippen LogP contribution in [0.5, 0.6) is 5.75 Å². The van der Waals surface area contributed by atoms with E-state index in [1.54, 1.807) is 43.5 Å². The fraction of sp³-hybridized carbons (Fsp3) is 0.190. The Morgan fingerprint density at radius 1 is 1.13 bits per heavy atom. The van der Waals surface area contributed by atoms with Crippen LogP contribution in [0.1, 0.15) is 22.7 Å². The molecule has 1 aromatic heterocycles. The Balaban J connectivity index is 1.36. The second-order valence-corrected chi connectivity index (χ2v) is 6.75. The van der Waals surface area contributed by atoms with E-state index in [1.807, 2.05) is 12.1 Å². The molecular formula is C21H19N5O5. The molecule has 0 saturated heterocycles. The zero-order valence-electron chi connectivity index (χ0n) is 16.5. The molecule has 4 rings (SSSR count). The maximum absolute atomic E-state index is 12.4. The third-order valence-electron chi connectivity index (χ3n) is 4.69. The zero-order chi connectivity index (χ0) is 21.8. The summed E-state index contributed by atoms with van der Waals surface area (Å²) in [5, 5.41) is 11.8. The fourth-order valence-corrected chi connectivity index (χ4v) is 3.15. The van der Waals surface area contributed by atoms with Crippen LogP contribution in [0.25, 0.3) is 11.4 Å². The Kier molecular flexibility index (Phi) is 5.61. The Hall–Kier alpha value is -4.21. The van der Waals surface area contributed by atoms with E-state index in [0.29, 0.717) is 28.4 Å². The lowest BCUT2D eigenvalue weighted by atomic mass is 10.1. The first-order chi connectivity index (χ1) is 15.0. The summed E-state index contributed by atoms with van der Waals surface area (Å²) in [5.41, 5.74) is 1.40. The molecule has 0 aliphatic carbocycles. The lowest BCUT2D eigenvalue weighted by molar-refractivity contribution is -0.125. The van der Waals surface area contributed by atoms with Crippen molar-refractivity contribution in [2.75, 3.05) is 12.4 Å². The number of amides is 3. The molecular weight excluding hydrogens is 402 g/mol. The Labute approximate surface area is 177 Å². The van der Waals surface area contributed by atoms with Gasteiger partial charge in [-0.15, -0.1) is 0 Å². The normalized spacial score (nSPS) is 15.3. The highest BCUT2D eigenvalue weighted by molar-refractivity contribution is 6.10. The molecule has 158 valence electrons. The molecule has 0 saturated carbocycles. The number of rotatable bonds is 6. The van der Waals surface area contributed by atoms with Crippen molar-refractivity contribution in [1.82, 2.24) is 20.8 Å². The number of nitrogens with one attached hydrogen (secondary N) is 3. The number of nitrogens with zero attached hydrogens (tertiary/aromatic N) is 2. The number of aromatic nitrogens is 2. The van der Waals surface area contributed by atoms with E-state index in [2.05, 4.69) is 26.1 Å². The van der Waals surface area contributed by atoms with Crippen molar-refractivity contribution in [1.29, 1.82) is 0 Å². The molecule has 10 nitrogen and oxygen atoms in total. The van der Waals surface area contributed by atoms with E-state index >= 15 is 0 Å². The monoisotopic (exact) mass is 421 g/mol. The molecule has 3 aromatic rings. The second kappa shape index (κ2) is 8.66. The molecule has 1 aliphatic heterocycles. The number of carbonyl (C=O) groups is 3. The molecule has 10 heteroatoms. The van der Waals surface area contributed by atoms with Crippen molar-refractivity contribution in [3.05, 3.63) is 60.0 Å². The van der Waals surface area contributed by atoms with Gasteiger partial charge in [-0.3, -0.25) is 14.4 Å². The van der Waals surface area contributed by atoms with E-state index in [1.165, 1.54) is 0 Å². The second-order valence-electron chi connectivity index (χ2n) is 6.75. The number of hydrogen-bond donors (Lipinski definition) is 3. The first-order valence-corrected chi connectivity index (χ1v) is 9.48. The molecule has 2 aromatic carbocycles. The Bertz CT molecular complexity index is 1140. The number of para-hydroxylation sites is 2. The summed E-state index contributed by atoms with van der Waals surface area (Å²) in [6.45, 7) is -0.0243. The number of carbonyl (C=O) groups excluding carboxylic acids is 3. The minimum Gasteiger partial charge on any atom is -0.496 e. The summed E-state index contributed by atoms with van der Waals surface area (Å²) in [6.07, 6.45) is -0.237. The predicted octanol–water partition coefficient (Wildman–Crippen LogP) is 1.50. The number of methoxy groups -OCH3 is 1. The number of hydrogen-bond acceptors (Lipinski definition) is 7. The van der Waals surface area contributed by atoms with Crippen LogP contribution < -0.4 is 20.7 Å². The van der Waals surface area contributed by atoms with Crippen molar-refractivity contribution in [3.8, 4) is 17.1 Å². The van der Waals surface area contributed by atoms with E-state index in [4.69, 9.17) is 9.26 Å². The van der Waals surface area contributed by atoms with Crippen LogP contribution in [0.2, 0.25) is 0 Å². The number of ether oxygens (including phenoxy) is 1. The predicted molar refractivity (Wildman–Crippen MR) is 109 cm³/mol. The van der Waals surface area contributed by atoms with Crippen molar-refractivity contribution in [2.24, 2.45) is 0 Å². The largest absolute Gasteiger partial charge is 0.496 e. The van der Waals surface area contributed by atoms with Crippen LogP contribution in [-0.4, -0.2) is 41.0 Å². The molecule has 31 heavy (non-hydrogen) atoms. The molecule has 0 spiro atoms. The van der Waals surface area contributed by atoms with Crippen LogP contribution in [-0.2, 0) is 16.1 Å². The summed E-state index contributed by atoms with van der Waals surface area (Å²) >= 11 is 0. The molecule has 0 fully saturated rings. The SMILES string of the molecule is COc1ccccc1-c1noc(CNC(=O)C[C@@H]2NC(=O)c3ccccc3NC2=O)n1. The minimum absolute atomic E-state index is 0.0243. The van der Waals surface area contributed by atoms with E-state index in [0.717, 1.165) is 0 Å². The van der Waals surface area contributed by atoms with Crippen LogP contribution in [0.4, 0.5) is 5.69 Å². The van der Waals surface area contributed by atoms with Gasteiger partial charge >= 0.3 is 0 Å². The quantitative estimate of drug-likeness (QED) is 0.549. The summed E-state index contributed by atoms with van der Waals surface area (Å²) < 4.78 is 10.5. The molecule has 3 amide bonds. The minimum atomic E-state index is -1.01. The van der Waals surface area contributed by atoms with Crippen molar-refractivity contribution < 1.29 is 23.6 Å². The van der Waals surface area contributed by atoms with Crippen molar-refractivity contribution >= 4 is 23.4 Å². The number of benzene rings is 2. The molecule has 3 N–H and O–H groups in total. The lowest BCUT2D eigenvalue weighted by Crippen LogP contribution is -2.44. The number of anilines is 1. The maximum Gasteiger partial charge on any atom is 0.254 e. The van der Waals surface area contributed by atoms with E-state index in [-0.39, 0.29) is 18.9 Å². The van der Waals surface area contributed by atoms with Gasteiger partial charge in [0.15, 0.2) is 0 Å². The standard InChI is InChI=1S/C21H19N5O5/c1-30-16-9-5-3-7-13(16)19-25-18(31-26-19)11-22-17(27)10-15-21(29)23-14-8-4-2-6-12(14)20(28)24-15/h2-9,15H,10-11H2,1H3,(H,22,27)(H,23,29)(H,24,28)/t15-/m0/s1. The first-order valence-electron chi connectivity index (χ1n) is 9.48. The van der Waals surface area contributed by atoms with Gasteiger partial charge in [0.1, 0.15) is 11.8 Å². The molecule has 0 unspecified atom stereocenters. The van der Waals surface area contributed by atoms with Crippen molar-refractivity contribution in [3.63, 3.8) is 0 Å². The van der Waals surface area contributed by atoms with Gasteiger partial charge in [0.25, 0.3) is 5.91 Å². The third-order valence-corrected chi connectivity index (χ3v) is 4.69. The van der Waals surface area contributed by atoms with Gasteiger partial charge in [-0.25, -0.2) is 0 Å². The highest BCUT2D eigenvalue weighted by Crippen LogP contribution is 2.27. The van der Waals surface area contributed by atoms with Gasteiger partial charge in [-0.2, -0.15) is 4.98 Å². The highest BCUT2D eigenvalue weighted by atomic mass is 16.5. The number of fused-ring (bicyclic) bond motifs is 1. The van der Waals surface area contributed by atoms with Crippen LogP contribution in [0, 0.1) is 0 Å². The first kappa shape index (κ1) is 20.1. The fourth-order valence-electron chi connectivity index (χ4n) is 3.15. The highest BCUT2D eigenvalue weighted by Gasteiger charge is 2.29. The average molecular weight is 421 g/mol. The third kappa shape index (κ3) is 4.37. The average Bonchev–Trinajstić information content (AvgIpc) is 3.22. The summed E-state index contributed by atoms with van der Waals surface area (Å²) in [6, 6.07) is 12.8. The molecule has 1 atom stereocenters. The zero-order valence-corrected chi connectivity index (χ0v) is 16.5. The smallest absolute Gasteiger partial charge is 0.254 e. The Morgan fingerprint density at radius 3 is 2.68 bits per heavy atom. The Morgan fingerprint density at radius 2 is 1.87 bits per heavy atom. The maximum atomic E-state index is 12.4. The van der Waals surface area contributed by atoms with Crippen molar-refractivity contribution in [2.45, 2.75) is 19.0 Å². The summed E-state index contributed by atoms with van der Waals surface area (Å²) in [7, 11) is 1.54. The van der Waals surface area contributed by atoms with Gasteiger partial charge < -0.3 is 25.2 Å². The lowest BCUT2D eigenvalue weighted by Gasteiger charge is -2.13. The van der Waals surface area contributed by atoms with Crippen LogP contribution in [0.15, 0.2) is 53.1 Å². The van der Waals surface area contributed by atoms with Gasteiger partial charge in [-0.05, 0) is 24.3 Å². The molecule has 0 bridgehead atoms. The topological polar surface area (TPSA) is 135 Å². The van der Waals surface area contributed by atoms with E-state index in [9.17, 15) is 14.4 Å². The van der Waals surface area contributed by atoms with E-state index < -0.39 is 23.8 Å². The van der Waals surface area contributed by atoms with Crippen LogP contribution in [0.3, 0.4) is 0 Å². The van der Waals surface area contributed by atoms with Crippen LogP contribution >= 0.6 is 0 Å². The molecule has 2 heterocycles.